The van der Waals surface area contributed by atoms with E-state index in [1.165, 1.54) is 13.3 Å². The Balaban J connectivity index is 2.14. The third-order valence-corrected chi connectivity index (χ3v) is 5.14. The lowest BCUT2D eigenvalue weighted by molar-refractivity contribution is -0.104. The Labute approximate surface area is 192 Å². The van der Waals surface area contributed by atoms with E-state index >= 15 is 0 Å². The predicted molar refractivity (Wildman–Crippen MR) is 130 cm³/mol. The largest absolute Gasteiger partial charge is 0.371 e. The smallest absolute Gasteiger partial charge is 0.278 e. The van der Waals surface area contributed by atoms with Crippen molar-refractivity contribution < 1.29 is 14.4 Å². The van der Waals surface area contributed by atoms with Gasteiger partial charge in [0.05, 0.1) is 29.9 Å². The van der Waals surface area contributed by atoms with Gasteiger partial charge in [-0.2, -0.15) is 0 Å². The van der Waals surface area contributed by atoms with Crippen LogP contribution >= 0.6 is 11.8 Å². The number of hydroxylamine groups is 1. The molecule has 0 aromatic carbocycles. The third-order valence-electron chi connectivity index (χ3n) is 4.27. The molecule has 1 fully saturated rings. The number of amides is 1. The maximum absolute atomic E-state index is 12.3. The number of carbonyl (C=O) groups is 2. The van der Waals surface area contributed by atoms with Crippen LogP contribution in [0.3, 0.4) is 0 Å². The molecule has 1 aliphatic carbocycles. The Morgan fingerprint density at radius 1 is 1.44 bits per heavy atom. The van der Waals surface area contributed by atoms with Gasteiger partial charge in [-0.15, -0.1) is 11.8 Å². The van der Waals surface area contributed by atoms with Crippen LogP contribution in [-0.4, -0.2) is 48.8 Å². The average molecular weight is 457 g/mol. The van der Waals surface area contributed by atoms with Crippen molar-refractivity contribution in [2.75, 3.05) is 30.7 Å². The summed E-state index contributed by atoms with van der Waals surface area (Å²) >= 11 is 1.55. The van der Waals surface area contributed by atoms with Gasteiger partial charge in [0.25, 0.3) is 5.91 Å². The molecule has 1 amide bonds. The summed E-state index contributed by atoms with van der Waals surface area (Å²) in [4.78, 5) is 38.5. The number of aldehydes is 1. The fourth-order valence-electron chi connectivity index (χ4n) is 2.50. The number of hydrogen-bond donors (Lipinski definition) is 3. The van der Waals surface area contributed by atoms with E-state index in [9.17, 15) is 9.59 Å². The van der Waals surface area contributed by atoms with E-state index in [0.717, 1.165) is 18.5 Å². The van der Waals surface area contributed by atoms with Gasteiger partial charge in [0.1, 0.15) is 5.82 Å². The van der Waals surface area contributed by atoms with Gasteiger partial charge in [0.2, 0.25) is 0 Å². The zero-order valence-corrected chi connectivity index (χ0v) is 19.0. The first-order chi connectivity index (χ1) is 15.5. The molecule has 2 rings (SSSR count). The first kappa shape index (κ1) is 24.9. The lowest BCUT2D eigenvalue weighted by Crippen LogP contribution is -2.23. The molecule has 0 atom stereocenters. The fraction of sp³-hybridized carbons (Fsp3) is 0.273. The minimum atomic E-state index is -0.491. The van der Waals surface area contributed by atoms with Crippen molar-refractivity contribution in [2.24, 2.45) is 10.9 Å². The predicted octanol–water partition coefficient (Wildman–Crippen LogP) is 3.51. The van der Waals surface area contributed by atoms with Crippen LogP contribution in [0.25, 0.3) is 0 Å². The number of carbonyl (C=O) groups excluding carboxylic acids is 2. The van der Waals surface area contributed by atoms with Gasteiger partial charge in [0, 0.05) is 31.2 Å². The Hall–Kier alpha value is -3.37. The molecule has 32 heavy (non-hydrogen) atoms. The number of aliphatic imine (C=N–C) groups is 1. The van der Waals surface area contributed by atoms with Crippen LogP contribution in [0.1, 0.15) is 23.2 Å². The second-order valence-electron chi connectivity index (χ2n) is 6.90. The Morgan fingerprint density at radius 2 is 2.22 bits per heavy atom. The van der Waals surface area contributed by atoms with Crippen molar-refractivity contribution in [3.05, 3.63) is 65.8 Å². The van der Waals surface area contributed by atoms with Crippen molar-refractivity contribution in [1.29, 1.82) is 0 Å². The maximum atomic E-state index is 12.3. The number of thioether (sulfide) groups is 1. The van der Waals surface area contributed by atoms with Crippen molar-refractivity contribution in [3.63, 3.8) is 0 Å². The quantitative estimate of drug-likeness (QED) is 0.0975. The molecular formula is C22H28N6O3S. The molecule has 1 aromatic heterocycles. The Bertz CT molecular complexity index is 924. The van der Waals surface area contributed by atoms with E-state index in [0.29, 0.717) is 29.6 Å². The summed E-state index contributed by atoms with van der Waals surface area (Å²) in [7, 11) is 3.25. The summed E-state index contributed by atoms with van der Waals surface area (Å²) in [5, 5.41) is 7.99. The zero-order valence-electron chi connectivity index (χ0n) is 18.2. The molecular weight excluding hydrogens is 428 g/mol. The topological polar surface area (TPSA) is 108 Å². The highest BCUT2D eigenvalue weighted by Gasteiger charge is 2.25. The van der Waals surface area contributed by atoms with Gasteiger partial charge in [-0.1, -0.05) is 6.58 Å². The molecule has 0 bridgehead atoms. The molecule has 1 heterocycles. The van der Waals surface area contributed by atoms with Crippen molar-refractivity contribution in [1.82, 2.24) is 15.4 Å². The molecule has 1 aromatic rings. The van der Waals surface area contributed by atoms with Gasteiger partial charge in [-0.05, 0) is 49.2 Å². The van der Waals surface area contributed by atoms with E-state index in [1.807, 2.05) is 23.6 Å². The van der Waals surface area contributed by atoms with E-state index < -0.39 is 5.91 Å². The molecule has 0 unspecified atom stereocenters. The summed E-state index contributed by atoms with van der Waals surface area (Å²) < 4.78 is 0. The second kappa shape index (κ2) is 13.1. The van der Waals surface area contributed by atoms with E-state index in [2.05, 4.69) is 39.4 Å². The van der Waals surface area contributed by atoms with Crippen LogP contribution in [0.5, 0.6) is 0 Å². The second-order valence-corrected chi connectivity index (χ2v) is 7.77. The molecule has 1 saturated carbocycles. The maximum Gasteiger partial charge on any atom is 0.278 e. The first-order valence-electron chi connectivity index (χ1n) is 9.81. The van der Waals surface area contributed by atoms with Crippen LogP contribution in [-0.2, 0) is 9.63 Å². The zero-order chi connectivity index (χ0) is 23.3. The van der Waals surface area contributed by atoms with Gasteiger partial charge >= 0.3 is 0 Å². The molecule has 10 heteroatoms. The number of allylic oxidation sites excluding steroid dienone is 4. The van der Waals surface area contributed by atoms with E-state index in [4.69, 9.17) is 4.84 Å². The van der Waals surface area contributed by atoms with Gasteiger partial charge in [-0.25, -0.2) is 10.5 Å². The van der Waals surface area contributed by atoms with Crippen molar-refractivity contribution in [2.45, 2.75) is 12.8 Å². The monoisotopic (exact) mass is 456 g/mol. The van der Waals surface area contributed by atoms with E-state index in [-0.39, 0.29) is 11.3 Å². The van der Waals surface area contributed by atoms with Crippen LogP contribution in [0.4, 0.5) is 11.5 Å². The number of pyridine rings is 1. The summed E-state index contributed by atoms with van der Waals surface area (Å²) in [5.41, 5.74) is 4.04. The number of aromatic nitrogens is 1. The molecule has 0 spiro atoms. The third kappa shape index (κ3) is 8.40. The van der Waals surface area contributed by atoms with Gasteiger partial charge < -0.3 is 15.5 Å². The molecule has 1 aliphatic rings. The number of rotatable bonds is 14. The molecule has 0 aliphatic heterocycles. The highest BCUT2D eigenvalue weighted by molar-refractivity contribution is 8.02. The SMILES string of the molecule is C=N/C=C\SCN(C)/C=C\C=C(/C=O)Nc1cc(NC(=C)C2CC2)ncc1C(=O)NOC. The van der Waals surface area contributed by atoms with Crippen molar-refractivity contribution in [3.8, 4) is 0 Å². The molecule has 0 saturated heterocycles. The number of anilines is 2. The normalized spacial score (nSPS) is 13.8. The molecule has 3 N–H and O–H groups in total. The summed E-state index contributed by atoms with van der Waals surface area (Å²) in [5.74, 6) is 1.18. The van der Waals surface area contributed by atoms with Crippen LogP contribution in [0, 0.1) is 5.92 Å². The first-order valence-corrected chi connectivity index (χ1v) is 10.9. The van der Waals surface area contributed by atoms with Crippen LogP contribution in [0.2, 0.25) is 0 Å². The Morgan fingerprint density at radius 3 is 2.88 bits per heavy atom. The fourth-order valence-corrected chi connectivity index (χ4v) is 3.08. The average Bonchev–Trinajstić information content (AvgIpc) is 3.62. The van der Waals surface area contributed by atoms with Gasteiger partial charge in [0.15, 0.2) is 6.29 Å². The highest BCUT2D eigenvalue weighted by atomic mass is 32.2. The minimum absolute atomic E-state index is 0.224. The van der Waals surface area contributed by atoms with Crippen LogP contribution < -0.4 is 16.1 Å². The van der Waals surface area contributed by atoms with Gasteiger partial charge in [-0.3, -0.25) is 19.4 Å². The number of nitrogens with one attached hydrogen (secondary N) is 3. The van der Waals surface area contributed by atoms with Crippen molar-refractivity contribution >= 4 is 42.2 Å². The summed E-state index contributed by atoms with van der Waals surface area (Å²) in [6, 6.07) is 1.65. The van der Waals surface area contributed by atoms with E-state index in [1.54, 1.807) is 36.2 Å². The molecule has 0 radical (unpaired) electrons. The highest BCUT2D eigenvalue weighted by Crippen LogP contribution is 2.36. The number of hydrogen-bond acceptors (Lipinski definition) is 9. The molecule has 9 nitrogen and oxygen atoms in total. The number of nitrogens with zero attached hydrogens (tertiary/aromatic N) is 3. The lowest BCUT2D eigenvalue weighted by Gasteiger charge is -2.14. The minimum Gasteiger partial charge on any atom is -0.371 e. The van der Waals surface area contributed by atoms with Crippen LogP contribution in [0.15, 0.2) is 65.2 Å². The summed E-state index contributed by atoms with van der Waals surface area (Å²) in [6.45, 7) is 7.41. The molecule has 170 valence electrons. The standard InChI is InChI=1S/C22H28N6O3S/c1-16(17-7-8-17)25-21-12-20(19(13-24-21)22(30)27-31-4)26-18(14-29)6-5-10-28(3)15-32-11-9-23-2/h5-6,9-14,17H,1-2,7-8,15H2,3-4H3,(H,27,30)(H2,24,25,26)/b10-5-,11-9-,18-6+. The summed E-state index contributed by atoms with van der Waals surface area (Å²) in [6.07, 6.45) is 11.1. The lowest BCUT2D eigenvalue weighted by atomic mass is 10.2. The Kier molecular flexibility index (Phi) is 10.2.